The largest absolute Gasteiger partial charge is 0.402 e. The zero-order chi connectivity index (χ0) is 16.6. The predicted molar refractivity (Wildman–Crippen MR) is 83.4 cm³/mol. The Morgan fingerprint density at radius 1 is 1.09 bits per heavy atom. The summed E-state index contributed by atoms with van der Waals surface area (Å²) in [5, 5.41) is 0.387. The van der Waals surface area contributed by atoms with Crippen LogP contribution in [-0.4, -0.2) is 11.9 Å². The number of hydrogen-bond donors (Lipinski definition) is 0. The van der Waals surface area contributed by atoms with Crippen molar-refractivity contribution in [3.8, 4) is 0 Å². The van der Waals surface area contributed by atoms with E-state index in [2.05, 4.69) is 4.99 Å². The van der Waals surface area contributed by atoms with E-state index < -0.39 is 17.6 Å². The molecule has 2 aromatic rings. The summed E-state index contributed by atoms with van der Waals surface area (Å²) in [5.74, 6) is -3.12. The molecule has 0 aromatic heterocycles. The van der Waals surface area contributed by atoms with Gasteiger partial charge in [0, 0.05) is 5.02 Å². The van der Waals surface area contributed by atoms with Gasteiger partial charge in [-0.25, -0.2) is 18.6 Å². The van der Waals surface area contributed by atoms with Crippen LogP contribution in [0.25, 0.3) is 6.08 Å². The van der Waals surface area contributed by atoms with Crippen molar-refractivity contribution in [3.05, 3.63) is 74.9 Å². The fraction of sp³-hybridized carbons (Fsp3) is 0. The Labute approximate surface area is 139 Å². The highest BCUT2D eigenvalue weighted by molar-refractivity contribution is 6.34. The third-order valence-corrected chi connectivity index (χ3v) is 3.56. The predicted octanol–water partition coefficient (Wildman–Crippen LogP) is 4.62. The molecule has 23 heavy (non-hydrogen) atoms. The second-order valence-corrected chi connectivity index (χ2v) is 5.48. The summed E-state index contributed by atoms with van der Waals surface area (Å²) in [7, 11) is 0. The third kappa shape index (κ3) is 3.25. The molecule has 0 unspecified atom stereocenters. The van der Waals surface area contributed by atoms with E-state index in [1.807, 2.05) is 0 Å². The van der Waals surface area contributed by atoms with Crippen molar-refractivity contribution in [2.45, 2.75) is 0 Å². The summed E-state index contributed by atoms with van der Waals surface area (Å²) in [6, 6.07) is 8.38. The Balaban J connectivity index is 2.00. The average Bonchev–Trinajstić information content (AvgIpc) is 2.84. The minimum absolute atomic E-state index is 0.00284. The van der Waals surface area contributed by atoms with Gasteiger partial charge in [0.25, 0.3) is 0 Å². The Hall–Kier alpha value is -2.24. The first-order valence-corrected chi connectivity index (χ1v) is 7.12. The quantitative estimate of drug-likeness (QED) is 0.449. The molecule has 0 saturated carbocycles. The molecule has 0 saturated heterocycles. The standard InChI is InChI=1S/C16H7Cl2F2NO2/c17-9-3-1-2-8(4-9)5-14-16(22)23-15(21-14)10-6-12(19)13(20)7-11(10)18/h1-7H. The van der Waals surface area contributed by atoms with Gasteiger partial charge in [0.2, 0.25) is 5.90 Å². The lowest BCUT2D eigenvalue weighted by atomic mass is 10.2. The Morgan fingerprint density at radius 2 is 1.83 bits per heavy atom. The summed E-state index contributed by atoms with van der Waals surface area (Å²) in [5.41, 5.74) is 0.641. The number of cyclic esters (lactones) is 1. The second-order valence-electron chi connectivity index (χ2n) is 4.64. The maximum absolute atomic E-state index is 13.3. The molecule has 0 spiro atoms. The summed E-state index contributed by atoms with van der Waals surface area (Å²) < 4.78 is 31.4. The Kier molecular flexibility index (Phi) is 4.15. The molecule has 3 nitrogen and oxygen atoms in total. The van der Waals surface area contributed by atoms with Gasteiger partial charge < -0.3 is 4.74 Å². The van der Waals surface area contributed by atoms with Gasteiger partial charge in [0.05, 0.1) is 10.6 Å². The number of benzene rings is 2. The van der Waals surface area contributed by atoms with Gasteiger partial charge in [0.15, 0.2) is 17.3 Å². The molecule has 3 rings (SSSR count). The molecule has 1 aliphatic heterocycles. The molecule has 2 aromatic carbocycles. The zero-order valence-electron chi connectivity index (χ0n) is 11.3. The highest BCUT2D eigenvalue weighted by Gasteiger charge is 2.26. The molecule has 1 heterocycles. The number of carbonyl (C=O) groups excluding carboxylic acids is 1. The summed E-state index contributed by atoms with van der Waals surface area (Å²) in [6.07, 6.45) is 1.47. The molecule has 0 atom stereocenters. The van der Waals surface area contributed by atoms with Crippen LogP contribution in [0.15, 0.2) is 47.1 Å². The van der Waals surface area contributed by atoms with Crippen molar-refractivity contribution < 1.29 is 18.3 Å². The number of ether oxygens (including phenoxy) is 1. The molecule has 0 aliphatic carbocycles. The van der Waals surface area contributed by atoms with Crippen molar-refractivity contribution in [2.24, 2.45) is 4.99 Å². The lowest BCUT2D eigenvalue weighted by Crippen LogP contribution is -2.07. The minimum atomic E-state index is -1.12. The van der Waals surface area contributed by atoms with E-state index in [4.69, 9.17) is 27.9 Å². The summed E-state index contributed by atoms with van der Waals surface area (Å²) >= 11 is 11.7. The van der Waals surface area contributed by atoms with E-state index in [9.17, 15) is 13.6 Å². The molecule has 0 fully saturated rings. The molecule has 1 aliphatic rings. The maximum Gasteiger partial charge on any atom is 0.363 e. The first-order valence-electron chi connectivity index (χ1n) is 6.37. The number of carbonyl (C=O) groups is 1. The van der Waals surface area contributed by atoms with E-state index in [-0.39, 0.29) is 22.2 Å². The maximum atomic E-state index is 13.3. The number of rotatable bonds is 2. The first-order chi connectivity index (χ1) is 10.9. The minimum Gasteiger partial charge on any atom is -0.402 e. The molecule has 0 N–H and O–H groups in total. The number of aliphatic imine (C=N–C) groups is 1. The highest BCUT2D eigenvalue weighted by atomic mass is 35.5. The van der Waals surface area contributed by atoms with Gasteiger partial charge in [-0.3, -0.25) is 0 Å². The molecular weight excluding hydrogens is 347 g/mol. The van der Waals surface area contributed by atoms with Crippen LogP contribution in [0.1, 0.15) is 11.1 Å². The second kappa shape index (κ2) is 6.10. The fourth-order valence-electron chi connectivity index (χ4n) is 1.97. The van der Waals surface area contributed by atoms with Crippen LogP contribution in [0.3, 0.4) is 0 Å². The monoisotopic (exact) mass is 353 g/mol. The topological polar surface area (TPSA) is 38.7 Å². The molecule has 116 valence electrons. The van der Waals surface area contributed by atoms with Gasteiger partial charge in [0.1, 0.15) is 0 Å². The van der Waals surface area contributed by atoms with Gasteiger partial charge in [-0.15, -0.1) is 0 Å². The molecule has 0 radical (unpaired) electrons. The number of halogens is 4. The van der Waals surface area contributed by atoms with Crippen LogP contribution in [0, 0.1) is 11.6 Å². The van der Waals surface area contributed by atoms with Gasteiger partial charge in [-0.05, 0) is 35.9 Å². The molecule has 7 heteroatoms. The molecule has 0 bridgehead atoms. The smallest absolute Gasteiger partial charge is 0.363 e. The third-order valence-electron chi connectivity index (χ3n) is 3.01. The molecule has 0 amide bonds. The SMILES string of the molecule is O=C1OC(c2cc(F)c(F)cc2Cl)=NC1=Cc1cccc(Cl)c1. The lowest BCUT2D eigenvalue weighted by Gasteiger charge is -2.03. The zero-order valence-corrected chi connectivity index (χ0v) is 12.8. The highest BCUT2D eigenvalue weighted by Crippen LogP contribution is 2.26. The van der Waals surface area contributed by atoms with E-state index in [1.165, 1.54) is 6.08 Å². The molecular formula is C16H7Cl2F2NO2. The van der Waals surface area contributed by atoms with Crippen LogP contribution < -0.4 is 0 Å². The van der Waals surface area contributed by atoms with Gasteiger partial charge in [-0.1, -0.05) is 35.3 Å². The lowest BCUT2D eigenvalue weighted by molar-refractivity contribution is -0.129. The van der Waals surface area contributed by atoms with E-state index >= 15 is 0 Å². The van der Waals surface area contributed by atoms with Crippen LogP contribution >= 0.6 is 23.2 Å². The number of esters is 1. The van der Waals surface area contributed by atoms with Crippen LogP contribution in [-0.2, 0) is 9.53 Å². The van der Waals surface area contributed by atoms with Crippen molar-refractivity contribution in [3.63, 3.8) is 0 Å². The summed E-state index contributed by atoms with van der Waals surface area (Å²) in [4.78, 5) is 15.8. The Bertz CT molecular complexity index is 878. The summed E-state index contributed by atoms with van der Waals surface area (Å²) in [6.45, 7) is 0. The van der Waals surface area contributed by atoms with Crippen molar-refractivity contribution in [2.75, 3.05) is 0 Å². The first kappa shape index (κ1) is 15.6. The number of hydrogen-bond acceptors (Lipinski definition) is 3. The number of nitrogens with zero attached hydrogens (tertiary/aromatic N) is 1. The normalized spacial score (nSPS) is 15.7. The Morgan fingerprint density at radius 3 is 2.57 bits per heavy atom. The fourth-order valence-corrected chi connectivity index (χ4v) is 2.39. The van der Waals surface area contributed by atoms with E-state index in [1.54, 1.807) is 24.3 Å². The van der Waals surface area contributed by atoms with E-state index in [0.29, 0.717) is 10.6 Å². The van der Waals surface area contributed by atoms with Crippen molar-refractivity contribution in [1.82, 2.24) is 0 Å². The van der Waals surface area contributed by atoms with Crippen LogP contribution in [0.2, 0.25) is 10.0 Å². The van der Waals surface area contributed by atoms with E-state index in [0.717, 1.165) is 12.1 Å². The van der Waals surface area contributed by atoms with Gasteiger partial charge in [-0.2, -0.15) is 0 Å². The van der Waals surface area contributed by atoms with Crippen LogP contribution in [0.4, 0.5) is 8.78 Å². The van der Waals surface area contributed by atoms with Crippen LogP contribution in [0.5, 0.6) is 0 Å². The van der Waals surface area contributed by atoms with Crippen molar-refractivity contribution >= 4 is 41.1 Å². The van der Waals surface area contributed by atoms with Crippen molar-refractivity contribution in [1.29, 1.82) is 0 Å². The van der Waals surface area contributed by atoms with Gasteiger partial charge >= 0.3 is 5.97 Å². The average molecular weight is 354 g/mol.